The van der Waals surface area contributed by atoms with Crippen molar-refractivity contribution in [3.05, 3.63) is 71.0 Å². The molecule has 0 aliphatic rings. The van der Waals surface area contributed by atoms with Crippen LogP contribution in [-0.4, -0.2) is 11.8 Å². The van der Waals surface area contributed by atoms with Crippen molar-refractivity contribution in [2.24, 2.45) is 0 Å². The maximum absolute atomic E-state index is 13.4. The lowest BCUT2D eigenvalue weighted by atomic mass is 10.1. The number of carbonyl (C=O) groups excluding carboxylic acids is 2. The largest absolute Gasteiger partial charge is 0.459 e. The zero-order valence-corrected chi connectivity index (χ0v) is 14.0. The van der Waals surface area contributed by atoms with Crippen molar-refractivity contribution >= 4 is 34.8 Å². The number of amides is 2. The number of anilines is 2. The molecule has 0 unspecified atom stereocenters. The summed E-state index contributed by atoms with van der Waals surface area (Å²) in [5.41, 5.74) is -1.77. The minimum atomic E-state index is -4.78. The Morgan fingerprint density at radius 3 is 2.30 bits per heavy atom. The van der Waals surface area contributed by atoms with Gasteiger partial charge in [0.05, 0.1) is 17.5 Å². The van der Waals surface area contributed by atoms with Gasteiger partial charge >= 0.3 is 6.18 Å². The monoisotopic (exact) mass is 398 g/mol. The molecular formula is C17H10ClF3N2O4. The summed E-state index contributed by atoms with van der Waals surface area (Å²) in [7, 11) is 0. The van der Waals surface area contributed by atoms with E-state index in [1.807, 2.05) is 0 Å². The predicted molar refractivity (Wildman–Crippen MR) is 89.8 cm³/mol. The highest BCUT2D eigenvalue weighted by Crippen LogP contribution is 2.37. The highest BCUT2D eigenvalue weighted by Gasteiger charge is 2.34. The first-order valence-electron chi connectivity index (χ1n) is 7.37. The minimum Gasteiger partial charge on any atom is -0.459 e. The van der Waals surface area contributed by atoms with Gasteiger partial charge < -0.3 is 19.5 Å². The third-order valence-corrected chi connectivity index (χ3v) is 3.58. The lowest BCUT2D eigenvalue weighted by molar-refractivity contribution is -0.136. The van der Waals surface area contributed by atoms with Crippen LogP contribution in [0.3, 0.4) is 0 Å². The van der Waals surface area contributed by atoms with Crippen LogP contribution in [-0.2, 0) is 6.18 Å². The maximum atomic E-state index is 13.4. The number of rotatable bonds is 4. The van der Waals surface area contributed by atoms with Crippen molar-refractivity contribution in [2.45, 2.75) is 6.18 Å². The van der Waals surface area contributed by atoms with Gasteiger partial charge in [0.25, 0.3) is 11.8 Å². The molecule has 0 saturated carbocycles. The molecule has 2 heterocycles. The van der Waals surface area contributed by atoms with Crippen molar-refractivity contribution < 1.29 is 31.6 Å². The molecule has 27 heavy (non-hydrogen) atoms. The fourth-order valence-corrected chi connectivity index (χ4v) is 2.33. The molecule has 0 bridgehead atoms. The highest BCUT2D eigenvalue weighted by molar-refractivity contribution is 6.29. The summed E-state index contributed by atoms with van der Waals surface area (Å²) >= 11 is 5.55. The Hall–Kier alpha value is -3.20. The second-order valence-corrected chi connectivity index (χ2v) is 5.62. The fraction of sp³-hybridized carbons (Fsp3) is 0.0588. The van der Waals surface area contributed by atoms with Crippen molar-refractivity contribution in [3.63, 3.8) is 0 Å². The number of furan rings is 2. The minimum absolute atomic E-state index is 0.0596. The summed E-state index contributed by atoms with van der Waals surface area (Å²) in [5, 5.41) is 4.33. The Balaban J connectivity index is 1.86. The summed E-state index contributed by atoms with van der Waals surface area (Å²) in [6.07, 6.45) is -3.52. The number of alkyl halides is 3. The summed E-state index contributed by atoms with van der Waals surface area (Å²) in [4.78, 5) is 23.9. The van der Waals surface area contributed by atoms with E-state index in [9.17, 15) is 22.8 Å². The van der Waals surface area contributed by atoms with Gasteiger partial charge in [-0.3, -0.25) is 9.59 Å². The van der Waals surface area contributed by atoms with Crippen LogP contribution in [0.1, 0.15) is 26.7 Å². The van der Waals surface area contributed by atoms with Crippen molar-refractivity contribution in [2.75, 3.05) is 10.6 Å². The van der Waals surface area contributed by atoms with E-state index < -0.39 is 29.2 Å². The van der Waals surface area contributed by atoms with Gasteiger partial charge in [0.1, 0.15) is 0 Å². The Labute approximate surface area is 154 Å². The molecule has 2 aromatic heterocycles. The van der Waals surface area contributed by atoms with Gasteiger partial charge in [0.2, 0.25) is 0 Å². The van der Waals surface area contributed by atoms with Crippen LogP contribution in [0.25, 0.3) is 0 Å². The van der Waals surface area contributed by atoms with Crippen molar-refractivity contribution in [1.29, 1.82) is 0 Å². The van der Waals surface area contributed by atoms with E-state index in [-0.39, 0.29) is 22.4 Å². The molecule has 0 aliphatic heterocycles. The van der Waals surface area contributed by atoms with E-state index in [4.69, 9.17) is 20.4 Å². The zero-order valence-electron chi connectivity index (χ0n) is 13.3. The second-order valence-electron chi connectivity index (χ2n) is 5.25. The summed E-state index contributed by atoms with van der Waals surface area (Å²) < 4.78 is 49.9. The molecule has 3 aromatic rings. The van der Waals surface area contributed by atoms with Crippen LogP contribution in [0.5, 0.6) is 0 Å². The number of nitrogens with one attached hydrogen (secondary N) is 2. The van der Waals surface area contributed by atoms with Crippen LogP contribution < -0.4 is 10.6 Å². The molecule has 0 radical (unpaired) electrons. The molecule has 2 N–H and O–H groups in total. The van der Waals surface area contributed by atoms with E-state index in [0.29, 0.717) is 6.07 Å². The number of hydrogen-bond donors (Lipinski definition) is 2. The summed E-state index contributed by atoms with van der Waals surface area (Å²) in [6, 6.07) is 8.27. The van der Waals surface area contributed by atoms with E-state index in [0.717, 1.165) is 6.07 Å². The normalized spacial score (nSPS) is 11.3. The van der Waals surface area contributed by atoms with E-state index in [2.05, 4.69) is 10.6 Å². The molecule has 0 spiro atoms. The van der Waals surface area contributed by atoms with E-state index in [1.165, 1.54) is 36.6 Å². The lowest BCUT2D eigenvalue weighted by Crippen LogP contribution is -2.17. The molecule has 2 amide bonds. The van der Waals surface area contributed by atoms with E-state index >= 15 is 0 Å². The number of halogens is 4. The Morgan fingerprint density at radius 2 is 1.70 bits per heavy atom. The smallest absolute Gasteiger partial charge is 0.418 e. The van der Waals surface area contributed by atoms with Crippen LogP contribution in [0, 0.1) is 0 Å². The van der Waals surface area contributed by atoms with Gasteiger partial charge in [-0.25, -0.2) is 0 Å². The molecule has 0 fully saturated rings. The highest BCUT2D eigenvalue weighted by atomic mass is 35.5. The van der Waals surface area contributed by atoms with Crippen LogP contribution in [0.4, 0.5) is 24.5 Å². The molecule has 3 rings (SSSR count). The molecule has 0 saturated heterocycles. The second kappa shape index (κ2) is 7.20. The number of benzene rings is 1. The zero-order chi connectivity index (χ0) is 19.6. The summed E-state index contributed by atoms with van der Waals surface area (Å²) in [5.74, 6) is -1.92. The predicted octanol–water partition coefficient (Wildman–Crippen LogP) is 5.05. The fourth-order valence-electron chi connectivity index (χ4n) is 2.19. The third-order valence-electron chi connectivity index (χ3n) is 3.37. The maximum Gasteiger partial charge on any atom is 0.418 e. The molecule has 6 nitrogen and oxygen atoms in total. The standard InChI is InChI=1S/C17H10ClF3N2O4/c18-14-6-5-13(27-14)16(25)23-11-4-3-9(8-10(11)17(19,20)21)22-15(24)12-2-1-7-26-12/h1-8H,(H,22,24)(H,23,25). The lowest BCUT2D eigenvalue weighted by Gasteiger charge is -2.15. The van der Waals surface area contributed by atoms with Gasteiger partial charge in [0, 0.05) is 5.69 Å². The van der Waals surface area contributed by atoms with Crippen molar-refractivity contribution in [1.82, 2.24) is 0 Å². The molecule has 0 aliphatic carbocycles. The molecule has 1 aromatic carbocycles. The van der Waals surface area contributed by atoms with E-state index in [1.54, 1.807) is 0 Å². The van der Waals surface area contributed by atoms with Gasteiger partial charge in [-0.05, 0) is 54.1 Å². The Kier molecular flexibility index (Phi) is 4.95. The number of carbonyl (C=O) groups is 2. The first-order valence-corrected chi connectivity index (χ1v) is 7.74. The average Bonchev–Trinajstić information content (AvgIpc) is 3.26. The quantitative estimate of drug-likeness (QED) is 0.644. The summed E-state index contributed by atoms with van der Waals surface area (Å²) in [6.45, 7) is 0. The molecule has 0 atom stereocenters. The first-order chi connectivity index (χ1) is 12.7. The van der Waals surface area contributed by atoms with Crippen LogP contribution in [0.15, 0.2) is 57.6 Å². The number of hydrogen-bond acceptors (Lipinski definition) is 4. The van der Waals surface area contributed by atoms with Crippen molar-refractivity contribution in [3.8, 4) is 0 Å². The van der Waals surface area contributed by atoms with Gasteiger partial charge in [0.15, 0.2) is 16.7 Å². The molecular weight excluding hydrogens is 389 g/mol. The average molecular weight is 399 g/mol. The van der Waals surface area contributed by atoms with Crippen LogP contribution >= 0.6 is 11.6 Å². The SMILES string of the molecule is O=C(Nc1ccc(NC(=O)c2ccc(Cl)o2)c(C(F)(F)F)c1)c1ccco1. The molecule has 140 valence electrons. The molecule has 10 heteroatoms. The third kappa shape index (κ3) is 4.32. The van der Waals surface area contributed by atoms with Gasteiger partial charge in [-0.1, -0.05) is 0 Å². The topological polar surface area (TPSA) is 84.5 Å². The Morgan fingerprint density at radius 1 is 0.963 bits per heavy atom. The van der Waals surface area contributed by atoms with Gasteiger partial charge in [-0.2, -0.15) is 13.2 Å². The van der Waals surface area contributed by atoms with Crippen LogP contribution in [0.2, 0.25) is 5.22 Å². The Bertz CT molecular complexity index is 980. The first kappa shape index (κ1) is 18.6. The van der Waals surface area contributed by atoms with Gasteiger partial charge in [-0.15, -0.1) is 0 Å².